The molecule has 1 aromatic heterocycles. The Balaban J connectivity index is 1.34. The minimum absolute atomic E-state index is 0.246. The molecule has 7 heteroatoms. The van der Waals surface area contributed by atoms with Crippen LogP contribution in [0.25, 0.3) is 0 Å². The van der Waals surface area contributed by atoms with Crippen LogP contribution in [0.2, 0.25) is 0 Å². The summed E-state index contributed by atoms with van der Waals surface area (Å²) >= 11 is 0. The molecular weight excluding hydrogens is 342 g/mol. The molecule has 0 N–H and O–H groups in total. The highest BCUT2D eigenvalue weighted by atomic mass is 16.6. The average Bonchev–Trinajstić information content (AvgIpc) is 2.72. The van der Waals surface area contributed by atoms with Crippen molar-refractivity contribution in [3.8, 4) is 0 Å². The number of benzene rings is 1. The molecule has 2 aromatic rings. The minimum atomic E-state index is -0.246. The molecule has 1 saturated heterocycles. The van der Waals surface area contributed by atoms with E-state index in [-0.39, 0.29) is 6.09 Å². The van der Waals surface area contributed by atoms with E-state index in [9.17, 15) is 4.79 Å². The normalized spacial score (nSPS) is 17.5. The number of ether oxygens (including phenoxy) is 1. The second kappa shape index (κ2) is 7.92. The zero-order chi connectivity index (χ0) is 18.6. The van der Waals surface area contributed by atoms with E-state index in [4.69, 9.17) is 4.74 Å². The van der Waals surface area contributed by atoms with Crippen molar-refractivity contribution in [1.29, 1.82) is 0 Å². The molecule has 4 rings (SSSR count). The van der Waals surface area contributed by atoms with Crippen LogP contribution in [0.5, 0.6) is 0 Å². The molecule has 3 heterocycles. The molecule has 0 radical (unpaired) electrons. The molecule has 0 bridgehead atoms. The van der Waals surface area contributed by atoms with Crippen molar-refractivity contribution in [3.05, 3.63) is 53.5 Å². The topological polar surface area (TPSA) is 61.8 Å². The van der Waals surface area contributed by atoms with Crippen LogP contribution in [0.15, 0.2) is 36.7 Å². The number of fused-ring (bicyclic) bond motifs is 1. The van der Waals surface area contributed by atoms with E-state index in [1.165, 1.54) is 5.56 Å². The lowest BCUT2D eigenvalue weighted by atomic mass is 10.1. The zero-order valence-corrected chi connectivity index (χ0v) is 15.7. The van der Waals surface area contributed by atoms with Gasteiger partial charge in [-0.25, -0.2) is 14.8 Å². The largest absolute Gasteiger partial charge is 0.445 e. The number of piperazine rings is 1. The Morgan fingerprint density at radius 1 is 1.07 bits per heavy atom. The third-order valence-corrected chi connectivity index (χ3v) is 5.22. The molecule has 0 aliphatic carbocycles. The first kappa shape index (κ1) is 17.7. The molecule has 0 saturated carbocycles. The summed E-state index contributed by atoms with van der Waals surface area (Å²) in [6.07, 6.45) is 2.39. The third-order valence-electron chi connectivity index (χ3n) is 5.22. The van der Waals surface area contributed by atoms with E-state index >= 15 is 0 Å². The fourth-order valence-electron chi connectivity index (χ4n) is 3.65. The first-order valence-corrected chi connectivity index (χ1v) is 9.42. The Bertz CT molecular complexity index is 790. The van der Waals surface area contributed by atoms with Gasteiger partial charge in [-0.3, -0.25) is 0 Å². The average molecular weight is 367 g/mol. The number of amides is 1. The first-order valence-electron chi connectivity index (χ1n) is 9.42. The van der Waals surface area contributed by atoms with Gasteiger partial charge in [0.05, 0.1) is 5.69 Å². The number of nitrogens with zero attached hydrogens (tertiary/aromatic N) is 5. The smallest absolute Gasteiger partial charge is 0.410 e. The second-order valence-corrected chi connectivity index (χ2v) is 7.12. The summed E-state index contributed by atoms with van der Waals surface area (Å²) in [5.41, 5.74) is 3.39. The van der Waals surface area contributed by atoms with Crippen LogP contribution < -0.4 is 4.90 Å². The highest BCUT2D eigenvalue weighted by Crippen LogP contribution is 2.25. The highest BCUT2D eigenvalue weighted by Gasteiger charge is 2.26. The molecule has 0 spiro atoms. The molecule has 1 amide bonds. The molecule has 1 aromatic carbocycles. The molecule has 0 atom stereocenters. The zero-order valence-electron chi connectivity index (χ0n) is 15.7. The standard InChI is InChI=1S/C20H25N5O2/c1-23-8-7-17-18(13-23)21-15-22-19(17)24-9-11-25(12-10-24)20(26)27-14-16-5-3-2-4-6-16/h2-6,15H,7-14H2,1H3. The van der Waals surface area contributed by atoms with E-state index in [0.29, 0.717) is 19.7 Å². The summed E-state index contributed by atoms with van der Waals surface area (Å²) in [6, 6.07) is 9.76. The Morgan fingerprint density at radius 3 is 2.63 bits per heavy atom. The molecular formula is C20H25N5O2. The quantitative estimate of drug-likeness (QED) is 0.826. The number of aromatic nitrogens is 2. The van der Waals surface area contributed by atoms with E-state index in [1.54, 1.807) is 11.2 Å². The van der Waals surface area contributed by atoms with Crippen LogP contribution in [0.1, 0.15) is 16.8 Å². The lowest BCUT2D eigenvalue weighted by Gasteiger charge is -2.36. The molecule has 142 valence electrons. The van der Waals surface area contributed by atoms with Crippen molar-refractivity contribution in [1.82, 2.24) is 19.8 Å². The van der Waals surface area contributed by atoms with Crippen molar-refractivity contribution in [2.24, 2.45) is 0 Å². The Labute approximate surface area is 159 Å². The number of carbonyl (C=O) groups is 1. The van der Waals surface area contributed by atoms with Crippen molar-refractivity contribution in [2.45, 2.75) is 19.6 Å². The molecule has 27 heavy (non-hydrogen) atoms. The maximum Gasteiger partial charge on any atom is 0.410 e. The minimum Gasteiger partial charge on any atom is -0.445 e. The second-order valence-electron chi connectivity index (χ2n) is 7.12. The van der Waals surface area contributed by atoms with Crippen molar-refractivity contribution >= 4 is 11.9 Å². The van der Waals surface area contributed by atoms with Gasteiger partial charge in [-0.2, -0.15) is 0 Å². The van der Waals surface area contributed by atoms with Crippen molar-refractivity contribution in [3.63, 3.8) is 0 Å². The fraction of sp³-hybridized carbons (Fsp3) is 0.450. The third kappa shape index (κ3) is 4.03. The van der Waals surface area contributed by atoms with Crippen molar-refractivity contribution in [2.75, 3.05) is 44.7 Å². The van der Waals surface area contributed by atoms with Gasteiger partial charge in [0.2, 0.25) is 0 Å². The Kier molecular flexibility index (Phi) is 5.20. The number of rotatable bonds is 3. The number of hydrogen-bond acceptors (Lipinski definition) is 6. The monoisotopic (exact) mass is 367 g/mol. The highest BCUT2D eigenvalue weighted by molar-refractivity contribution is 5.68. The first-order chi connectivity index (χ1) is 13.2. The van der Waals surface area contributed by atoms with Gasteiger partial charge in [0.15, 0.2) is 0 Å². The van der Waals surface area contributed by atoms with Gasteiger partial charge in [0.25, 0.3) is 0 Å². The predicted molar refractivity (Wildman–Crippen MR) is 102 cm³/mol. The predicted octanol–water partition coefficient (Wildman–Crippen LogP) is 1.92. The van der Waals surface area contributed by atoms with Gasteiger partial charge in [-0.1, -0.05) is 30.3 Å². The van der Waals surface area contributed by atoms with Gasteiger partial charge < -0.3 is 19.4 Å². The maximum absolute atomic E-state index is 12.3. The van der Waals surface area contributed by atoms with Gasteiger partial charge in [-0.05, 0) is 19.0 Å². The summed E-state index contributed by atoms with van der Waals surface area (Å²) in [5, 5.41) is 0. The van der Waals surface area contributed by atoms with Gasteiger partial charge in [0, 0.05) is 44.8 Å². The van der Waals surface area contributed by atoms with Gasteiger partial charge in [0.1, 0.15) is 18.8 Å². The van der Waals surface area contributed by atoms with Gasteiger partial charge in [-0.15, -0.1) is 0 Å². The number of likely N-dealkylation sites (N-methyl/N-ethyl adjacent to an activating group) is 1. The van der Waals surface area contributed by atoms with E-state index in [2.05, 4.69) is 26.8 Å². The SMILES string of the molecule is CN1CCc2c(ncnc2N2CCN(C(=O)OCc3ccccc3)CC2)C1. The van der Waals surface area contributed by atoms with E-state index in [0.717, 1.165) is 49.7 Å². The van der Waals surface area contributed by atoms with E-state index in [1.807, 2.05) is 30.3 Å². The number of anilines is 1. The van der Waals surface area contributed by atoms with Crippen LogP contribution >= 0.6 is 0 Å². The number of hydrogen-bond donors (Lipinski definition) is 0. The Morgan fingerprint density at radius 2 is 1.85 bits per heavy atom. The number of carbonyl (C=O) groups excluding carboxylic acids is 1. The summed E-state index contributed by atoms with van der Waals surface area (Å²) in [5.74, 6) is 1.03. The lowest BCUT2D eigenvalue weighted by Crippen LogP contribution is -2.49. The molecule has 2 aliphatic rings. The van der Waals surface area contributed by atoms with Gasteiger partial charge >= 0.3 is 6.09 Å². The van der Waals surface area contributed by atoms with Crippen LogP contribution in [-0.2, 0) is 24.3 Å². The maximum atomic E-state index is 12.3. The van der Waals surface area contributed by atoms with E-state index < -0.39 is 0 Å². The summed E-state index contributed by atoms with van der Waals surface area (Å²) in [7, 11) is 2.12. The summed E-state index contributed by atoms with van der Waals surface area (Å²) in [6.45, 7) is 5.03. The van der Waals surface area contributed by atoms with Crippen LogP contribution in [0.4, 0.5) is 10.6 Å². The molecule has 2 aliphatic heterocycles. The van der Waals surface area contributed by atoms with Crippen molar-refractivity contribution < 1.29 is 9.53 Å². The van der Waals surface area contributed by atoms with Crippen LogP contribution in [-0.4, -0.2) is 65.6 Å². The molecule has 7 nitrogen and oxygen atoms in total. The summed E-state index contributed by atoms with van der Waals surface area (Å²) < 4.78 is 5.45. The lowest BCUT2D eigenvalue weighted by molar-refractivity contribution is 0.0941. The van der Waals surface area contributed by atoms with Crippen LogP contribution in [0.3, 0.4) is 0 Å². The molecule has 0 unspecified atom stereocenters. The van der Waals surface area contributed by atoms with Crippen LogP contribution in [0, 0.1) is 0 Å². The fourth-order valence-corrected chi connectivity index (χ4v) is 3.65. The molecule has 1 fully saturated rings. The summed E-state index contributed by atoms with van der Waals surface area (Å²) in [4.78, 5) is 27.7. The Hall–Kier alpha value is -2.67.